The molecule has 0 radical (unpaired) electrons. The number of carboxylic acid groups (broad SMARTS) is 1. The number of aromatic carboxylic acids is 1. The van der Waals surface area contributed by atoms with Gasteiger partial charge >= 0.3 is 11.9 Å². The smallest absolute Gasteiger partial charge is 0.337 e. The highest BCUT2D eigenvalue weighted by Gasteiger charge is 2.04. The molecule has 0 aliphatic heterocycles. The highest BCUT2D eigenvalue weighted by atomic mass is 16.5. The summed E-state index contributed by atoms with van der Waals surface area (Å²) in [5.74, 6) is 4.35. The van der Waals surface area contributed by atoms with E-state index in [1.807, 2.05) is 0 Å². The summed E-state index contributed by atoms with van der Waals surface area (Å²) in [5.41, 5.74) is 1.85. The topological polar surface area (TPSA) is 63.6 Å². The van der Waals surface area contributed by atoms with E-state index in [4.69, 9.17) is 5.11 Å². The zero-order chi connectivity index (χ0) is 15.2. The number of hydrogen-bond acceptors (Lipinski definition) is 3. The van der Waals surface area contributed by atoms with Gasteiger partial charge in [-0.15, -0.1) is 0 Å². The molecule has 2 rings (SSSR count). The lowest BCUT2D eigenvalue weighted by Crippen LogP contribution is -2.00. The van der Waals surface area contributed by atoms with Crippen LogP contribution in [0.15, 0.2) is 48.5 Å². The van der Waals surface area contributed by atoms with Crippen LogP contribution < -0.4 is 0 Å². The molecule has 4 nitrogen and oxygen atoms in total. The van der Waals surface area contributed by atoms with Crippen molar-refractivity contribution in [3.8, 4) is 11.8 Å². The van der Waals surface area contributed by atoms with E-state index in [-0.39, 0.29) is 5.56 Å². The van der Waals surface area contributed by atoms with E-state index in [0.717, 1.165) is 0 Å². The van der Waals surface area contributed by atoms with Crippen LogP contribution >= 0.6 is 0 Å². The normalized spacial score (nSPS) is 9.38. The van der Waals surface area contributed by atoms with Crippen molar-refractivity contribution in [2.75, 3.05) is 7.11 Å². The van der Waals surface area contributed by atoms with E-state index in [1.165, 1.54) is 19.2 Å². The monoisotopic (exact) mass is 280 g/mol. The van der Waals surface area contributed by atoms with Crippen molar-refractivity contribution in [1.82, 2.24) is 0 Å². The van der Waals surface area contributed by atoms with E-state index < -0.39 is 11.9 Å². The number of carboxylic acids is 1. The average molecular weight is 280 g/mol. The molecule has 2 aromatic carbocycles. The van der Waals surface area contributed by atoms with Crippen LogP contribution in [0.4, 0.5) is 0 Å². The van der Waals surface area contributed by atoms with Crippen molar-refractivity contribution >= 4 is 11.9 Å². The highest BCUT2D eigenvalue weighted by Crippen LogP contribution is 2.07. The maximum atomic E-state index is 11.4. The second-order valence-corrected chi connectivity index (χ2v) is 4.21. The molecule has 0 heterocycles. The van der Waals surface area contributed by atoms with E-state index in [9.17, 15) is 9.59 Å². The molecule has 4 heteroatoms. The summed E-state index contributed by atoms with van der Waals surface area (Å²) < 4.78 is 4.64. The predicted octanol–water partition coefficient (Wildman–Crippen LogP) is 2.57. The molecule has 0 bridgehead atoms. The number of carbonyl (C=O) groups excluding carboxylic acids is 1. The Morgan fingerprint density at radius 1 is 0.952 bits per heavy atom. The minimum atomic E-state index is -0.994. The van der Waals surface area contributed by atoms with Crippen LogP contribution in [0, 0.1) is 11.8 Å². The Hall–Kier alpha value is -3.06. The molecule has 1 N–H and O–H groups in total. The standard InChI is InChI=1S/C17H12O4/c1-21-17(20)15-7-3-5-13(11-15)9-8-12-4-2-6-14(10-12)16(18)19/h2-7,10-11H,1H3,(H,18,19). The molecule has 0 aromatic heterocycles. The summed E-state index contributed by atoms with van der Waals surface area (Å²) in [7, 11) is 1.32. The minimum Gasteiger partial charge on any atom is -0.478 e. The van der Waals surface area contributed by atoms with Crippen LogP contribution in [0.2, 0.25) is 0 Å². The van der Waals surface area contributed by atoms with Gasteiger partial charge in [-0.2, -0.15) is 0 Å². The summed E-state index contributed by atoms with van der Waals surface area (Å²) in [4.78, 5) is 22.3. The van der Waals surface area contributed by atoms with Crippen LogP contribution in [0.3, 0.4) is 0 Å². The van der Waals surface area contributed by atoms with Gasteiger partial charge in [0.25, 0.3) is 0 Å². The molecule has 0 unspecified atom stereocenters. The van der Waals surface area contributed by atoms with Gasteiger partial charge in [-0.3, -0.25) is 0 Å². The maximum absolute atomic E-state index is 11.4. The van der Waals surface area contributed by atoms with Gasteiger partial charge in [0.15, 0.2) is 0 Å². The second kappa shape index (κ2) is 6.40. The van der Waals surface area contributed by atoms with Crippen LogP contribution in [-0.4, -0.2) is 24.2 Å². The molecule has 2 aromatic rings. The van der Waals surface area contributed by atoms with Crippen molar-refractivity contribution in [1.29, 1.82) is 0 Å². The fourth-order valence-corrected chi connectivity index (χ4v) is 1.72. The number of rotatable bonds is 2. The summed E-state index contributed by atoms with van der Waals surface area (Å²) in [6, 6.07) is 13.1. The SMILES string of the molecule is COC(=O)c1cccc(C#Cc2cccc(C(=O)O)c2)c1. The Labute approximate surface area is 122 Å². The first-order valence-corrected chi connectivity index (χ1v) is 6.14. The molecule has 0 aliphatic carbocycles. The van der Waals surface area contributed by atoms with Crippen molar-refractivity contribution in [3.63, 3.8) is 0 Å². The zero-order valence-corrected chi connectivity index (χ0v) is 11.3. The molecule has 104 valence electrons. The molecule has 21 heavy (non-hydrogen) atoms. The Balaban J connectivity index is 2.29. The van der Waals surface area contributed by atoms with Crippen LogP contribution in [0.1, 0.15) is 31.8 Å². The number of ether oxygens (including phenoxy) is 1. The van der Waals surface area contributed by atoms with E-state index in [1.54, 1.807) is 36.4 Å². The first-order chi connectivity index (χ1) is 10.1. The van der Waals surface area contributed by atoms with E-state index in [0.29, 0.717) is 16.7 Å². The molecule has 0 aliphatic rings. The van der Waals surface area contributed by atoms with Crippen molar-refractivity contribution in [2.45, 2.75) is 0 Å². The first-order valence-electron chi connectivity index (χ1n) is 6.14. The van der Waals surface area contributed by atoms with Gasteiger partial charge < -0.3 is 9.84 Å². The lowest BCUT2D eigenvalue weighted by Gasteiger charge is -1.99. The predicted molar refractivity (Wildman–Crippen MR) is 77.2 cm³/mol. The lowest BCUT2D eigenvalue weighted by molar-refractivity contribution is 0.0599. The van der Waals surface area contributed by atoms with E-state index >= 15 is 0 Å². The Bertz CT molecular complexity index is 751. The van der Waals surface area contributed by atoms with E-state index in [2.05, 4.69) is 16.6 Å². The Morgan fingerprint density at radius 3 is 2.00 bits per heavy atom. The van der Waals surface area contributed by atoms with Crippen molar-refractivity contribution < 1.29 is 19.4 Å². The molecular formula is C17H12O4. The first kappa shape index (κ1) is 14.4. The summed E-state index contributed by atoms with van der Waals surface area (Å²) in [5, 5.41) is 8.92. The van der Waals surface area contributed by atoms with Gasteiger partial charge in [0.1, 0.15) is 0 Å². The van der Waals surface area contributed by atoms with Gasteiger partial charge in [0, 0.05) is 11.1 Å². The molecule has 0 fully saturated rings. The van der Waals surface area contributed by atoms with Crippen LogP contribution in [-0.2, 0) is 4.74 Å². The van der Waals surface area contributed by atoms with Crippen molar-refractivity contribution in [2.24, 2.45) is 0 Å². The number of hydrogen-bond donors (Lipinski definition) is 1. The molecular weight excluding hydrogens is 268 g/mol. The Morgan fingerprint density at radius 2 is 1.48 bits per heavy atom. The number of methoxy groups -OCH3 is 1. The molecule has 0 saturated heterocycles. The van der Waals surface area contributed by atoms with Gasteiger partial charge in [-0.1, -0.05) is 24.0 Å². The van der Waals surface area contributed by atoms with Gasteiger partial charge in [-0.05, 0) is 36.4 Å². The molecule has 0 amide bonds. The number of benzene rings is 2. The quantitative estimate of drug-likeness (QED) is 0.678. The van der Waals surface area contributed by atoms with Crippen LogP contribution in [0.5, 0.6) is 0 Å². The minimum absolute atomic E-state index is 0.185. The lowest BCUT2D eigenvalue weighted by atomic mass is 10.1. The third kappa shape index (κ3) is 3.71. The fraction of sp³-hybridized carbons (Fsp3) is 0.0588. The third-order valence-electron chi connectivity index (χ3n) is 2.74. The van der Waals surface area contributed by atoms with Gasteiger partial charge in [0.2, 0.25) is 0 Å². The molecule has 0 atom stereocenters. The fourth-order valence-electron chi connectivity index (χ4n) is 1.72. The number of carbonyl (C=O) groups is 2. The summed E-state index contributed by atoms with van der Waals surface area (Å²) in [6.45, 7) is 0. The average Bonchev–Trinajstić information content (AvgIpc) is 2.52. The number of esters is 1. The largest absolute Gasteiger partial charge is 0.478 e. The zero-order valence-electron chi connectivity index (χ0n) is 11.3. The van der Waals surface area contributed by atoms with Gasteiger partial charge in [0.05, 0.1) is 18.2 Å². The summed E-state index contributed by atoms with van der Waals surface area (Å²) >= 11 is 0. The molecule has 0 saturated carbocycles. The highest BCUT2D eigenvalue weighted by molar-refractivity contribution is 5.89. The molecule has 0 spiro atoms. The second-order valence-electron chi connectivity index (χ2n) is 4.21. The Kier molecular flexibility index (Phi) is 4.37. The van der Waals surface area contributed by atoms with Gasteiger partial charge in [-0.25, -0.2) is 9.59 Å². The third-order valence-corrected chi connectivity index (χ3v) is 2.74. The summed E-state index contributed by atoms with van der Waals surface area (Å²) in [6.07, 6.45) is 0. The maximum Gasteiger partial charge on any atom is 0.337 e. The van der Waals surface area contributed by atoms with Crippen molar-refractivity contribution in [3.05, 3.63) is 70.8 Å². The van der Waals surface area contributed by atoms with Crippen LogP contribution in [0.25, 0.3) is 0 Å².